The molecular weight excluding hydrogens is 508 g/mol. The number of aromatic nitrogens is 2. The molecule has 0 aliphatic carbocycles. The number of hydrogen-bond acceptors (Lipinski definition) is 6. The van der Waals surface area contributed by atoms with E-state index < -0.39 is 17.6 Å². The van der Waals surface area contributed by atoms with E-state index in [1.54, 1.807) is 7.05 Å². The van der Waals surface area contributed by atoms with Gasteiger partial charge in [-0.1, -0.05) is 0 Å². The third-order valence-electron chi connectivity index (χ3n) is 3.29. The highest BCUT2D eigenvalue weighted by atomic mass is 127. The van der Waals surface area contributed by atoms with Crippen LogP contribution < -0.4 is 20.3 Å². The van der Waals surface area contributed by atoms with Crippen LogP contribution in [0.5, 0.6) is 5.88 Å². The summed E-state index contributed by atoms with van der Waals surface area (Å²) >= 11 is 1.53. The summed E-state index contributed by atoms with van der Waals surface area (Å²) in [7, 11) is 5.44. The summed E-state index contributed by atoms with van der Waals surface area (Å²) in [5, 5.41) is 8.90. The van der Waals surface area contributed by atoms with Gasteiger partial charge in [0.2, 0.25) is 5.88 Å². The molecule has 0 unspecified atom stereocenters. The minimum absolute atomic E-state index is 0. The van der Waals surface area contributed by atoms with E-state index in [4.69, 9.17) is 4.74 Å². The average molecular weight is 530 g/mol. The second-order valence-electron chi connectivity index (χ2n) is 5.57. The molecule has 2 rings (SSSR count). The highest BCUT2D eigenvalue weighted by Gasteiger charge is 2.34. The number of aliphatic imine (C=N–C) groups is 1. The maximum Gasteiger partial charge on any atom is 0.421 e. The SMILES string of the molecule is CN=C(NCCOc1ncccc1C(F)(F)F)NCc1csc(N(C)C)n1.I. The second-order valence-corrected chi connectivity index (χ2v) is 6.41. The summed E-state index contributed by atoms with van der Waals surface area (Å²) < 4.78 is 43.8. The Balaban J connectivity index is 0.00000392. The summed E-state index contributed by atoms with van der Waals surface area (Å²) in [5.74, 6) is 0.0588. The molecule has 0 aliphatic heterocycles. The largest absolute Gasteiger partial charge is 0.475 e. The number of nitrogens with one attached hydrogen (secondary N) is 2. The van der Waals surface area contributed by atoms with Crippen LogP contribution in [0.25, 0.3) is 0 Å². The zero-order valence-corrected chi connectivity index (χ0v) is 18.7. The lowest BCUT2D eigenvalue weighted by molar-refractivity contribution is -0.139. The molecule has 0 fully saturated rings. The van der Waals surface area contributed by atoms with Gasteiger partial charge in [-0.15, -0.1) is 35.3 Å². The van der Waals surface area contributed by atoms with Crippen molar-refractivity contribution in [3.63, 3.8) is 0 Å². The summed E-state index contributed by atoms with van der Waals surface area (Å²) in [5.41, 5.74) is -0.0288. The molecule has 0 amide bonds. The molecule has 0 saturated carbocycles. The molecule has 2 aromatic heterocycles. The van der Waals surface area contributed by atoms with Crippen molar-refractivity contribution in [3.05, 3.63) is 35.0 Å². The van der Waals surface area contributed by atoms with Crippen LogP contribution in [0.1, 0.15) is 11.3 Å². The third-order valence-corrected chi connectivity index (χ3v) is 4.35. The lowest BCUT2D eigenvalue weighted by Gasteiger charge is -2.14. The van der Waals surface area contributed by atoms with Crippen molar-refractivity contribution in [2.24, 2.45) is 4.99 Å². The minimum atomic E-state index is -4.51. The highest BCUT2D eigenvalue weighted by molar-refractivity contribution is 14.0. The van der Waals surface area contributed by atoms with E-state index in [2.05, 4.69) is 25.6 Å². The zero-order valence-electron chi connectivity index (χ0n) is 15.6. The first-order valence-electron chi connectivity index (χ1n) is 8.02. The molecule has 2 N–H and O–H groups in total. The first kappa shape index (κ1) is 24.2. The van der Waals surface area contributed by atoms with Crippen LogP contribution >= 0.6 is 35.3 Å². The van der Waals surface area contributed by atoms with Gasteiger partial charge in [0, 0.05) is 32.7 Å². The predicted octanol–water partition coefficient (Wildman–Crippen LogP) is 2.98. The number of hydrogen-bond donors (Lipinski definition) is 2. The Bertz CT molecular complexity index is 769. The fourth-order valence-electron chi connectivity index (χ4n) is 2.02. The molecule has 0 aromatic carbocycles. The Labute approximate surface area is 182 Å². The van der Waals surface area contributed by atoms with Crippen molar-refractivity contribution in [2.75, 3.05) is 39.2 Å². The van der Waals surface area contributed by atoms with E-state index in [1.165, 1.54) is 23.6 Å². The van der Waals surface area contributed by atoms with E-state index in [9.17, 15) is 13.2 Å². The molecule has 2 aromatic rings. The number of nitrogens with zero attached hydrogens (tertiary/aromatic N) is 4. The number of thiazole rings is 1. The van der Waals surface area contributed by atoms with Crippen molar-refractivity contribution >= 4 is 46.4 Å². The lowest BCUT2D eigenvalue weighted by atomic mass is 10.2. The van der Waals surface area contributed by atoms with Crippen LogP contribution in [-0.4, -0.2) is 50.2 Å². The van der Waals surface area contributed by atoms with E-state index in [1.807, 2.05) is 24.4 Å². The molecule has 0 atom stereocenters. The van der Waals surface area contributed by atoms with Crippen LogP contribution in [-0.2, 0) is 12.7 Å². The fraction of sp³-hybridized carbons (Fsp3) is 0.438. The van der Waals surface area contributed by atoms with Gasteiger partial charge in [-0.05, 0) is 12.1 Å². The van der Waals surface area contributed by atoms with E-state index in [-0.39, 0.29) is 37.1 Å². The van der Waals surface area contributed by atoms with Gasteiger partial charge in [0.1, 0.15) is 12.2 Å². The van der Waals surface area contributed by atoms with Gasteiger partial charge in [0.25, 0.3) is 0 Å². The van der Waals surface area contributed by atoms with E-state index in [0.29, 0.717) is 12.5 Å². The molecule has 2 heterocycles. The summed E-state index contributed by atoms with van der Waals surface area (Å²) in [6.07, 6.45) is -3.25. The number of alkyl halides is 3. The molecule has 0 spiro atoms. The van der Waals surface area contributed by atoms with Crippen molar-refractivity contribution in [1.82, 2.24) is 20.6 Å². The van der Waals surface area contributed by atoms with Crippen LogP contribution in [0.2, 0.25) is 0 Å². The highest BCUT2D eigenvalue weighted by Crippen LogP contribution is 2.34. The third kappa shape index (κ3) is 7.30. The molecule has 28 heavy (non-hydrogen) atoms. The molecular formula is C16H22F3IN6OS. The molecule has 0 radical (unpaired) electrons. The monoisotopic (exact) mass is 530 g/mol. The van der Waals surface area contributed by atoms with Gasteiger partial charge < -0.3 is 20.3 Å². The van der Waals surface area contributed by atoms with E-state index in [0.717, 1.165) is 16.9 Å². The summed E-state index contributed by atoms with van der Waals surface area (Å²) in [4.78, 5) is 14.1. The van der Waals surface area contributed by atoms with E-state index >= 15 is 0 Å². The molecule has 7 nitrogen and oxygen atoms in total. The quantitative estimate of drug-likeness (QED) is 0.248. The molecule has 0 aliphatic rings. The topological polar surface area (TPSA) is 74.7 Å². The van der Waals surface area contributed by atoms with Crippen LogP contribution in [0.3, 0.4) is 0 Å². The fourth-order valence-corrected chi connectivity index (χ4v) is 2.77. The van der Waals surface area contributed by atoms with Gasteiger partial charge in [0.15, 0.2) is 11.1 Å². The Kier molecular flexibility index (Phi) is 9.72. The number of ether oxygens (including phenoxy) is 1. The van der Waals surface area contributed by atoms with Crippen molar-refractivity contribution in [3.8, 4) is 5.88 Å². The summed E-state index contributed by atoms with van der Waals surface area (Å²) in [6, 6.07) is 2.16. The number of rotatable bonds is 7. The standard InChI is InChI=1S/C16H21F3N6OS.HI/c1-20-14(23-9-11-10-27-15(24-11)25(2)3)22-7-8-26-13-12(16(17,18)19)5-4-6-21-13;/h4-6,10H,7-9H2,1-3H3,(H2,20,22,23);1H. The van der Waals surface area contributed by atoms with Crippen LogP contribution in [0.4, 0.5) is 18.3 Å². The smallest absolute Gasteiger partial charge is 0.421 e. The Hall–Kier alpha value is -1.83. The van der Waals surface area contributed by atoms with Gasteiger partial charge in [0.05, 0.1) is 18.8 Å². The van der Waals surface area contributed by atoms with Crippen molar-refractivity contribution < 1.29 is 17.9 Å². The predicted molar refractivity (Wildman–Crippen MR) is 115 cm³/mol. The Morgan fingerprint density at radius 2 is 2.07 bits per heavy atom. The number of pyridine rings is 1. The lowest BCUT2D eigenvalue weighted by Crippen LogP contribution is -2.39. The van der Waals surface area contributed by atoms with Gasteiger partial charge >= 0.3 is 6.18 Å². The molecule has 156 valence electrons. The first-order chi connectivity index (χ1) is 12.8. The van der Waals surface area contributed by atoms with Crippen molar-refractivity contribution in [2.45, 2.75) is 12.7 Å². The van der Waals surface area contributed by atoms with Crippen LogP contribution in [0.15, 0.2) is 28.7 Å². The number of anilines is 1. The maximum atomic E-state index is 12.9. The zero-order chi connectivity index (χ0) is 19.9. The second kappa shape index (κ2) is 11.2. The molecule has 0 saturated heterocycles. The van der Waals surface area contributed by atoms with Crippen LogP contribution in [0, 0.1) is 0 Å². The first-order valence-corrected chi connectivity index (χ1v) is 8.90. The number of halogens is 4. The summed E-state index contributed by atoms with van der Waals surface area (Å²) in [6.45, 7) is 0.735. The van der Waals surface area contributed by atoms with Gasteiger partial charge in [-0.3, -0.25) is 4.99 Å². The minimum Gasteiger partial charge on any atom is -0.475 e. The van der Waals surface area contributed by atoms with Gasteiger partial charge in [-0.25, -0.2) is 9.97 Å². The average Bonchev–Trinajstić information content (AvgIpc) is 3.10. The molecule has 12 heteroatoms. The van der Waals surface area contributed by atoms with Gasteiger partial charge in [-0.2, -0.15) is 13.2 Å². The maximum absolute atomic E-state index is 12.9. The Morgan fingerprint density at radius 3 is 2.68 bits per heavy atom. The molecule has 0 bridgehead atoms. The van der Waals surface area contributed by atoms with Crippen molar-refractivity contribution in [1.29, 1.82) is 0 Å². The number of guanidine groups is 1. The Morgan fingerprint density at radius 1 is 1.32 bits per heavy atom. The normalized spacial score (nSPS) is 11.6.